The van der Waals surface area contributed by atoms with Crippen molar-refractivity contribution in [3.8, 4) is 0 Å². The van der Waals surface area contributed by atoms with E-state index in [9.17, 15) is 4.79 Å². The van der Waals surface area contributed by atoms with Gasteiger partial charge in [0.25, 0.3) is 0 Å². The van der Waals surface area contributed by atoms with E-state index in [-0.39, 0.29) is 5.91 Å². The first-order valence-electron chi connectivity index (χ1n) is 8.54. The molecule has 8 heteroatoms. The Morgan fingerprint density at radius 1 is 1.27 bits per heavy atom. The summed E-state index contributed by atoms with van der Waals surface area (Å²) in [5.41, 5.74) is 1.51. The quantitative estimate of drug-likeness (QED) is 0.867. The third-order valence-corrected chi connectivity index (χ3v) is 5.83. The Morgan fingerprint density at radius 3 is 2.77 bits per heavy atom. The van der Waals surface area contributed by atoms with Crippen LogP contribution >= 0.6 is 23.2 Å². The van der Waals surface area contributed by atoms with Crippen molar-refractivity contribution in [3.05, 3.63) is 46.3 Å². The number of nitrogens with zero attached hydrogens (tertiary/aromatic N) is 4. The van der Waals surface area contributed by atoms with Crippen molar-refractivity contribution in [1.82, 2.24) is 14.9 Å². The lowest BCUT2D eigenvalue weighted by molar-refractivity contribution is -0.121. The van der Waals surface area contributed by atoms with Gasteiger partial charge in [0.05, 0.1) is 22.3 Å². The van der Waals surface area contributed by atoms with Gasteiger partial charge >= 0.3 is 0 Å². The zero-order valence-electron chi connectivity index (χ0n) is 14.3. The van der Waals surface area contributed by atoms with Crippen molar-refractivity contribution in [1.29, 1.82) is 0 Å². The predicted octanol–water partition coefficient (Wildman–Crippen LogP) is 2.99. The fraction of sp³-hybridized carbons (Fsp3) is 0.389. The lowest BCUT2D eigenvalue weighted by atomic mass is 9.87. The number of amides is 1. The number of carbonyl (C=O) groups excluding carboxylic acids is 1. The molecule has 2 atom stereocenters. The fourth-order valence-electron chi connectivity index (χ4n) is 3.70. The average Bonchev–Trinajstić information content (AvgIpc) is 2.63. The van der Waals surface area contributed by atoms with Crippen molar-refractivity contribution < 1.29 is 4.79 Å². The Kier molecular flexibility index (Phi) is 4.73. The molecule has 136 valence electrons. The number of fused-ring (bicyclic) bond motifs is 2. The number of nitrogens with one attached hydrogen (secondary N) is 1. The first-order chi connectivity index (χ1) is 12.5. The van der Waals surface area contributed by atoms with Crippen molar-refractivity contribution in [3.63, 3.8) is 0 Å². The highest BCUT2D eigenvalue weighted by Gasteiger charge is 2.45. The van der Waals surface area contributed by atoms with Crippen LogP contribution in [0.1, 0.15) is 12.1 Å². The fourth-order valence-corrected chi connectivity index (χ4v) is 4.05. The molecule has 1 aromatic heterocycles. The molecule has 1 amide bonds. The third-order valence-electron chi connectivity index (χ3n) is 5.01. The van der Waals surface area contributed by atoms with E-state index in [4.69, 9.17) is 23.2 Å². The number of anilines is 2. The zero-order chi connectivity index (χ0) is 18.3. The maximum atomic E-state index is 12.4. The van der Waals surface area contributed by atoms with E-state index in [2.05, 4.69) is 25.1 Å². The number of halogens is 2. The number of piperazine rings is 1. The highest BCUT2D eigenvalue weighted by molar-refractivity contribution is 6.44. The summed E-state index contributed by atoms with van der Waals surface area (Å²) in [5, 5.41) is 3.66. The summed E-state index contributed by atoms with van der Waals surface area (Å²) in [6.45, 7) is 4.07. The highest BCUT2D eigenvalue weighted by atomic mass is 35.5. The van der Waals surface area contributed by atoms with Crippen LogP contribution in [0.3, 0.4) is 0 Å². The monoisotopic (exact) mass is 391 g/mol. The average molecular weight is 392 g/mol. The van der Waals surface area contributed by atoms with E-state index in [0.717, 1.165) is 31.0 Å². The lowest BCUT2D eigenvalue weighted by Crippen LogP contribution is -2.69. The number of hydrogen-bond donors (Lipinski definition) is 1. The van der Waals surface area contributed by atoms with E-state index in [0.29, 0.717) is 34.4 Å². The molecule has 5 rings (SSSR count). The van der Waals surface area contributed by atoms with Gasteiger partial charge in [0.1, 0.15) is 12.1 Å². The number of hydrogen-bond acceptors (Lipinski definition) is 5. The summed E-state index contributed by atoms with van der Waals surface area (Å²) in [5.74, 6) is 0.886. The van der Waals surface area contributed by atoms with Gasteiger partial charge in [-0.25, -0.2) is 9.97 Å². The number of carbonyl (C=O) groups is 1. The smallest absolute Gasteiger partial charge is 0.238 e. The van der Waals surface area contributed by atoms with Crippen molar-refractivity contribution in [2.24, 2.45) is 0 Å². The van der Waals surface area contributed by atoms with Crippen molar-refractivity contribution >= 4 is 40.6 Å². The Labute approximate surface area is 162 Å². The summed E-state index contributed by atoms with van der Waals surface area (Å²) in [7, 11) is 0. The predicted molar refractivity (Wildman–Crippen MR) is 103 cm³/mol. The molecule has 3 aliphatic rings. The van der Waals surface area contributed by atoms with Crippen LogP contribution in [0.4, 0.5) is 11.5 Å². The van der Waals surface area contributed by atoms with Crippen molar-refractivity contribution in [2.45, 2.75) is 25.4 Å². The standard InChI is InChI=1S/C18H19Cl2N5O/c1-11-5-16(22-10-21-11)24-7-12-6-13(8-24)25(12)9-17(26)23-15-4-2-3-14(19)18(15)20/h2-5,10,12-13H,6-9H2,1H3,(H,23,26). The van der Waals surface area contributed by atoms with Gasteiger partial charge in [0.15, 0.2) is 0 Å². The van der Waals surface area contributed by atoms with Gasteiger partial charge in [-0.3, -0.25) is 9.69 Å². The third kappa shape index (κ3) is 3.37. The SMILES string of the molecule is Cc1cc(N2CC3CC(C2)N3CC(=O)Nc2cccc(Cl)c2Cl)ncn1. The number of aromatic nitrogens is 2. The van der Waals surface area contributed by atoms with Gasteiger partial charge in [0, 0.05) is 36.9 Å². The molecule has 6 nitrogen and oxygen atoms in total. The highest BCUT2D eigenvalue weighted by Crippen LogP contribution is 2.34. The molecule has 26 heavy (non-hydrogen) atoms. The van der Waals surface area contributed by atoms with Crippen LogP contribution in [0.2, 0.25) is 10.0 Å². The molecular weight excluding hydrogens is 373 g/mol. The normalized spacial score (nSPS) is 22.0. The number of benzene rings is 1. The molecule has 0 spiro atoms. The maximum absolute atomic E-state index is 12.4. The molecule has 2 bridgehead atoms. The van der Waals surface area contributed by atoms with Crippen LogP contribution in [0, 0.1) is 6.92 Å². The number of rotatable bonds is 4. The minimum Gasteiger partial charge on any atom is -0.353 e. The molecule has 1 N–H and O–H groups in total. The summed E-state index contributed by atoms with van der Waals surface area (Å²) >= 11 is 12.1. The topological polar surface area (TPSA) is 61.4 Å². The van der Waals surface area contributed by atoms with Crippen LogP contribution in [0.15, 0.2) is 30.6 Å². The van der Waals surface area contributed by atoms with E-state index < -0.39 is 0 Å². The second-order valence-corrected chi connectivity index (χ2v) is 7.57. The maximum Gasteiger partial charge on any atom is 0.238 e. The molecule has 3 fully saturated rings. The Hall–Kier alpha value is -1.89. The molecule has 0 saturated carbocycles. The second-order valence-electron chi connectivity index (χ2n) is 6.79. The largest absolute Gasteiger partial charge is 0.353 e. The second kappa shape index (κ2) is 7.02. The van der Waals surface area contributed by atoms with Crippen LogP contribution in [-0.4, -0.2) is 52.5 Å². The first-order valence-corrected chi connectivity index (χ1v) is 9.30. The molecule has 2 unspecified atom stereocenters. The summed E-state index contributed by atoms with van der Waals surface area (Å²) < 4.78 is 0. The van der Waals surface area contributed by atoms with Gasteiger partial charge in [-0.1, -0.05) is 29.3 Å². The van der Waals surface area contributed by atoms with Gasteiger partial charge in [-0.15, -0.1) is 0 Å². The van der Waals surface area contributed by atoms with E-state index in [1.165, 1.54) is 0 Å². The zero-order valence-corrected chi connectivity index (χ0v) is 15.8. The van der Waals surface area contributed by atoms with Crippen molar-refractivity contribution in [2.75, 3.05) is 29.9 Å². The van der Waals surface area contributed by atoms with Crippen LogP contribution < -0.4 is 10.2 Å². The molecule has 3 saturated heterocycles. The molecule has 2 aromatic rings. The van der Waals surface area contributed by atoms with Gasteiger partial charge in [-0.05, 0) is 25.5 Å². The molecule has 1 aromatic carbocycles. The molecular formula is C18H19Cl2N5O. The summed E-state index contributed by atoms with van der Waals surface area (Å²) in [4.78, 5) is 25.5. The van der Waals surface area contributed by atoms with Crippen LogP contribution in [0.25, 0.3) is 0 Å². The van der Waals surface area contributed by atoms with Gasteiger partial charge in [0.2, 0.25) is 5.91 Å². The van der Waals surface area contributed by atoms with E-state index >= 15 is 0 Å². The molecule has 4 heterocycles. The van der Waals surface area contributed by atoms with E-state index in [1.54, 1.807) is 24.5 Å². The minimum absolute atomic E-state index is 0.0739. The number of aryl methyl sites for hydroxylation is 1. The van der Waals surface area contributed by atoms with Gasteiger partial charge < -0.3 is 10.2 Å². The Morgan fingerprint density at radius 2 is 2.04 bits per heavy atom. The summed E-state index contributed by atoms with van der Waals surface area (Å²) in [6.07, 6.45) is 2.72. The molecule has 0 aliphatic carbocycles. The lowest BCUT2D eigenvalue weighted by Gasteiger charge is -2.56. The Balaban J connectivity index is 1.36. The molecule has 0 radical (unpaired) electrons. The van der Waals surface area contributed by atoms with Crippen LogP contribution in [-0.2, 0) is 4.79 Å². The minimum atomic E-state index is -0.0739. The molecule has 3 aliphatic heterocycles. The van der Waals surface area contributed by atoms with Crippen LogP contribution in [0.5, 0.6) is 0 Å². The Bertz CT molecular complexity index is 834. The number of piperidine rings is 1. The van der Waals surface area contributed by atoms with Gasteiger partial charge in [-0.2, -0.15) is 0 Å². The summed E-state index contributed by atoms with van der Waals surface area (Å²) in [6, 6.07) is 7.95. The first kappa shape index (κ1) is 17.5. The van der Waals surface area contributed by atoms with E-state index in [1.807, 2.05) is 13.0 Å².